The Balaban J connectivity index is 1.95. The molecule has 0 aliphatic heterocycles. The van der Waals surface area contributed by atoms with E-state index >= 15 is 0 Å². The average molecular weight is 331 g/mol. The smallest absolute Gasteiger partial charge is 0.342 e. The summed E-state index contributed by atoms with van der Waals surface area (Å²) in [4.78, 5) is 23.6. The quantitative estimate of drug-likeness (QED) is 0.840. The number of nitrogens with one attached hydrogen (secondary N) is 1. The summed E-state index contributed by atoms with van der Waals surface area (Å²) in [6, 6.07) is 12.2. The maximum absolute atomic E-state index is 11.8. The normalized spacial score (nSPS) is 9.74. The van der Waals surface area contributed by atoms with Crippen molar-refractivity contribution in [1.82, 2.24) is 0 Å². The van der Waals surface area contributed by atoms with Crippen LogP contribution in [-0.4, -0.2) is 23.6 Å². The van der Waals surface area contributed by atoms with Gasteiger partial charge in [0.15, 0.2) is 6.61 Å². The van der Waals surface area contributed by atoms with Gasteiger partial charge in [0.2, 0.25) is 0 Å². The second-order valence-corrected chi connectivity index (χ2v) is 4.91. The van der Waals surface area contributed by atoms with E-state index in [1.807, 2.05) is 6.07 Å². The van der Waals surface area contributed by atoms with Crippen molar-refractivity contribution < 1.29 is 19.4 Å². The molecule has 0 spiro atoms. The first-order valence-electron chi connectivity index (χ1n) is 6.45. The van der Waals surface area contributed by atoms with E-state index < -0.39 is 18.5 Å². The summed E-state index contributed by atoms with van der Waals surface area (Å²) in [5, 5.41) is 21.1. The van der Waals surface area contributed by atoms with Crippen LogP contribution in [0.4, 0.5) is 5.69 Å². The molecule has 23 heavy (non-hydrogen) atoms. The summed E-state index contributed by atoms with van der Waals surface area (Å²) in [5.74, 6) is -1.73. The lowest BCUT2D eigenvalue weighted by Crippen LogP contribution is -2.21. The molecule has 6 nitrogen and oxygen atoms in total. The van der Waals surface area contributed by atoms with Crippen LogP contribution in [0.1, 0.15) is 15.9 Å². The molecule has 0 bridgehead atoms. The molecule has 0 atom stereocenters. The number of amides is 1. The number of benzene rings is 2. The van der Waals surface area contributed by atoms with Crippen molar-refractivity contribution in [2.45, 2.75) is 0 Å². The molecule has 1 amide bonds. The van der Waals surface area contributed by atoms with Gasteiger partial charge in [0.05, 0.1) is 11.6 Å². The molecule has 2 rings (SSSR count). The summed E-state index contributed by atoms with van der Waals surface area (Å²) in [5.41, 5.74) is 0.677. The van der Waals surface area contributed by atoms with Crippen LogP contribution in [0.3, 0.4) is 0 Å². The summed E-state index contributed by atoms with van der Waals surface area (Å²) >= 11 is 5.73. The van der Waals surface area contributed by atoms with Gasteiger partial charge in [0.1, 0.15) is 11.3 Å². The number of hydrogen-bond donors (Lipinski definition) is 2. The fourth-order valence-corrected chi connectivity index (χ4v) is 1.92. The fraction of sp³-hybridized carbons (Fsp3) is 0.0625. The lowest BCUT2D eigenvalue weighted by molar-refractivity contribution is -0.119. The van der Waals surface area contributed by atoms with Crippen molar-refractivity contribution in [3.63, 3.8) is 0 Å². The third-order valence-electron chi connectivity index (χ3n) is 2.79. The Morgan fingerprint density at radius 3 is 2.78 bits per heavy atom. The van der Waals surface area contributed by atoms with Crippen molar-refractivity contribution >= 4 is 29.2 Å². The Kier molecular flexibility index (Phi) is 5.18. The number of phenolic OH excluding ortho intramolecular Hbond substituents is 1. The Hall–Kier alpha value is -3.04. The van der Waals surface area contributed by atoms with Crippen molar-refractivity contribution in [2.75, 3.05) is 11.9 Å². The molecule has 0 saturated carbocycles. The highest BCUT2D eigenvalue weighted by molar-refractivity contribution is 6.31. The van der Waals surface area contributed by atoms with Gasteiger partial charge < -0.3 is 15.2 Å². The number of anilines is 1. The SMILES string of the molecule is N#Cc1cccc(NC(=O)COC(=O)c2cc(Cl)ccc2O)c1. The number of carbonyl (C=O) groups is 2. The number of ether oxygens (including phenoxy) is 1. The van der Waals surface area contributed by atoms with Crippen molar-refractivity contribution in [1.29, 1.82) is 5.26 Å². The van der Waals surface area contributed by atoms with Crippen LogP contribution in [-0.2, 0) is 9.53 Å². The molecular weight excluding hydrogens is 320 g/mol. The molecule has 116 valence electrons. The molecule has 0 fully saturated rings. The van der Waals surface area contributed by atoms with Crippen molar-refractivity contribution in [3.05, 3.63) is 58.6 Å². The number of rotatable bonds is 4. The number of nitriles is 1. The van der Waals surface area contributed by atoms with Crippen LogP contribution in [0, 0.1) is 11.3 Å². The lowest BCUT2D eigenvalue weighted by Gasteiger charge is -2.08. The van der Waals surface area contributed by atoms with Gasteiger partial charge >= 0.3 is 5.97 Å². The first-order chi connectivity index (χ1) is 11.0. The highest BCUT2D eigenvalue weighted by Gasteiger charge is 2.15. The molecule has 0 radical (unpaired) electrons. The topological polar surface area (TPSA) is 99.4 Å². The van der Waals surface area contributed by atoms with Gasteiger partial charge in [-0.25, -0.2) is 4.79 Å². The van der Waals surface area contributed by atoms with Gasteiger partial charge in [-0.05, 0) is 36.4 Å². The third kappa shape index (κ3) is 4.46. The second kappa shape index (κ2) is 7.29. The fourth-order valence-electron chi connectivity index (χ4n) is 1.74. The summed E-state index contributed by atoms with van der Waals surface area (Å²) in [6.45, 7) is -0.540. The number of nitrogens with zero attached hydrogens (tertiary/aromatic N) is 1. The Bertz CT molecular complexity index is 799. The maximum Gasteiger partial charge on any atom is 0.342 e. The van der Waals surface area contributed by atoms with Crippen LogP contribution < -0.4 is 5.32 Å². The van der Waals surface area contributed by atoms with Gasteiger partial charge in [0, 0.05) is 10.7 Å². The summed E-state index contributed by atoms with van der Waals surface area (Å²) < 4.78 is 4.82. The monoisotopic (exact) mass is 330 g/mol. The number of hydrogen-bond acceptors (Lipinski definition) is 5. The van der Waals surface area contributed by atoms with Crippen LogP contribution in [0.5, 0.6) is 5.75 Å². The molecule has 0 aliphatic carbocycles. The second-order valence-electron chi connectivity index (χ2n) is 4.48. The Labute approximate surface area is 136 Å². The standard InChI is InChI=1S/C16H11ClN2O4/c17-11-4-5-14(20)13(7-11)16(22)23-9-15(21)19-12-3-1-2-10(6-12)8-18/h1-7,20H,9H2,(H,19,21). The highest BCUT2D eigenvalue weighted by Crippen LogP contribution is 2.22. The molecule has 0 aromatic heterocycles. The zero-order valence-electron chi connectivity index (χ0n) is 11.7. The number of carbonyl (C=O) groups excluding carboxylic acids is 2. The predicted molar refractivity (Wildman–Crippen MR) is 83.2 cm³/mol. The number of halogens is 1. The van der Waals surface area contributed by atoms with Gasteiger partial charge in [-0.2, -0.15) is 5.26 Å². The zero-order valence-corrected chi connectivity index (χ0v) is 12.5. The molecule has 7 heteroatoms. The van der Waals surface area contributed by atoms with Crippen molar-refractivity contribution in [2.24, 2.45) is 0 Å². The third-order valence-corrected chi connectivity index (χ3v) is 3.02. The van der Waals surface area contributed by atoms with E-state index in [1.165, 1.54) is 24.3 Å². The van der Waals surface area contributed by atoms with Gasteiger partial charge in [0.25, 0.3) is 5.91 Å². The molecule has 0 heterocycles. The average Bonchev–Trinajstić information content (AvgIpc) is 2.55. The Morgan fingerprint density at radius 2 is 2.04 bits per heavy atom. The highest BCUT2D eigenvalue weighted by atomic mass is 35.5. The van der Waals surface area contributed by atoms with E-state index in [9.17, 15) is 14.7 Å². The van der Waals surface area contributed by atoms with Crippen LogP contribution >= 0.6 is 11.6 Å². The minimum Gasteiger partial charge on any atom is -0.507 e. The molecule has 2 N–H and O–H groups in total. The Morgan fingerprint density at radius 1 is 1.26 bits per heavy atom. The molecule has 0 unspecified atom stereocenters. The van der Waals surface area contributed by atoms with E-state index in [0.717, 1.165) is 0 Å². The number of aromatic hydroxyl groups is 1. The number of phenols is 1. The first-order valence-corrected chi connectivity index (χ1v) is 6.83. The largest absolute Gasteiger partial charge is 0.507 e. The lowest BCUT2D eigenvalue weighted by atomic mass is 10.2. The predicted octanol–water partition coefficient (Wildman–Crippen LogP) is 2.71. The van der Waals surface area contributed by atoms with E-state index in [2.05, 4.69) is 5.32 Å². The van der Waals surface area contributed by atoms with Crippen LogP contribution in [0.15, 0.2) is 42.5 Å². The molecule has 0 saturated heterocycles. The van der Waals surface area contributed by atoms with Crippen LogP contribution in [0.25, 0.3) is 0 Å². The molecule has 0 aliphatic rings. The van der Waals surface area contributed by atoms with Crippen LogP contribution in [0.2, 0.25) is 5.02 Å². The number of esters is 1. The molecule has 2 aromatic rings. The van der Waals surface area contributed by atoms with Gasteiger partial charge in [-0.1, -0.05) is 17.7 Å². The van der Waals surface area contributed by atoms with E-state index in [4.69, 9.17) is 21.6 Å². The summed E-state index contributed by atoms with van der Waals surface area (Å²) in [7, 11) is 0. The minimum absolute atomic E-state index is 0.128. The zero-order chi connectivity index (χ0) is 16.8. The van der Waals surface area contributed by atoms with E-state index in [-0.39, 0.29) is 16.3 Å². The van der Waals surface area contributed by atoms with E-state index in [0.29, 0.717) is 11.3 Å². The summed E-state index contributed by atoms with van der Waals surface area (Å²) in [6.07, 6.45) is 0. The van der Waals surface area contributed by atoms with Gasteiger partial charge in [-0.15, -0.1) is 0 Å². The van der Waals surface area contributed by atoms with Crippen molar-refractivity contribution in [3.8, 4) is 11.8 Å². The first kappa shape index (κ1) is 16.3. The maximum atomic E-state index is 11.8. The van der Waals surface area contributed by atoms with E-state index in [1.54, 1.807) is 18.2 Å². The minimum atomic E-state index is -0.870. The molecule has 2 aromatic carbocycles. The molecular formula is C16H11ClN2O4. The van der Waals surface area contributed by atoms with Gasteiger partial charge in [-0.3, -0.25) is 4.79 Å².